The van der Waals surface area contributed by atoms with Crippen LogP contribution in [0.15, 0.2) is 55.0 Å². The Hall–Kier alpha value is -4.35. The molecule has 0 aliphatic carbocycles. The highest BCUT2D eigenvalue weighted by Gasteiger charge is 2.14. The SMILES string of the molecule is c1cc(Nc2nc(Nc3ccc4c(c3)OCCOCOCO4)nc3nc[nH]c23)c2cc[nH]c2c1. The van der Waals surface area contributed by atoms with Crippen LogP contribution >= 0.6 is 0 Å². The predicted octanol–water partition coefficient (Wildman–Crippen LogP) is 4.04. The molecule has 0 radical (unpaired) electrons. The molecule has 11 heteroatoms. The van der Waals surface area contributed by atoms with E-state index in [0.29, 0.717) is 47.6 Å². The Morgan fingerprint density at radius 2 is 1.85 bits per heavy atom. The fraction of sp³-hybridized carbons (Fsp3) is 0.174. The molecule has 2 aromatic carbocycles. The predicted molar refractivity (Wildman–Crippen MR) is 126 cm³/mol. The number of anilines is 4. The maximum Gasteiger partial charge on any atom is 0.231 e. The molecule has 0 amide bonds. The number of hydrogen-bond acceptors (Lipinski definition) is 9. The van der Waals surface area contributed by atoms with Crippen LogP contribution in [0.1, 0.15) is 0 Å². The fourth-order valence-electron chi connectivity index (χ4n) is 3.72. The Balaban J connectivity index is 1.31. The molecule has 172 valence electrons. The van der Waals surface area contributed by atoms with Crippen LogP contribution in [-0.4, -0.2) is 51.7 Å². The van der Waals surface area contributed by atoms with Crippen molar-refractivity contribution < 1.29 is 18.9 Å². The fourth-order valence-corrected chi connectivity index (χ4v) is 3.72. The van der Waals surface area contributed by atoms with Crippen molar-refractivity contribution in [2.24, 2.45) is 0 Å². The summed E-state index contributed by atoms with van der Waals surface area (Å²) in [5.74, 6) is 2.14. The van der Waals surface area contributed by atoms with E-state index in [1.165, 1.54) is 0 Å². The number of fused-ring (bicyclic) bond motifs is 3. The van der Waals surface area contributed by atoms with Gasteiger partial charge in [-0.3, -0.25) is 0 Å². The molecule has 4 heterocycles. The quantitative estimate of drug-likeness (QED) is 0.314. The standard InChI is InChI=1S/C23H21N7O4/c1-2-16-15(6-7-24-16)17(3-1)28-22-20-21(26-11-25-20)29-23(30-22)27-14-4-5-18-19(10-14)33-9-8-31-12-32-13-34-18/h1-7,10-11,24H,8-9,12-13H2,(H3,25,26,27,28,29,30). The van der Waals surface area contributed by atoms with Crippen molar-refractivity contribution in [3.05, 3.63) is 55.0 Å². The molecule has 0 atom stereocenters. The van der Waals surface area contributed by atoms with Crippen LogP contribution in [0.5, 0.6) is 11.5 Å². The van der Waals surface area contributed by atoms with E-state index in [9.17, 15) is 0 Å². The summed E-state index contributed by atoms with van der Waals surface area (Å²) < 4.78 is 22.0. The minimum absolute atomic E-state index is 0.0744. The van der Waals surface area contributed by atoms with Crippen molar-refractivity contribution in [3.8, 4) is 11.5 Å². The van der Waals surface area contributed by atoms with E-state index in [0.717, 1.165) is 22.3 Å². The van der Waals surface area contributed by atoms with Crippen molar-refractivity contribution in [1.82, 2.24) is 24.9 Å². The van der Waals surface area contributed by atoms with Crippen molar-refractivity contribution >= 4 is 45.2 Å². The number of nitrogens with zero attached hydrogens (tertiary/aromatic N) is 3. The van der Waals surface area contributed by atoms with Crippen LogP contribution in [0.4, 0.5) is 23.1 Å². The van der Waals surface area contributed by atoms with Gasteiger partial charge in [0.25, 0.3) is 0 Å². The third kappa shape index (κ3) is 4.05. The lowest BCUT2D eigenvalue weighted by atomic mass is 10.2. The molecular formula is C23H21N7O4. The van der Waals surface area contributed by atoms with Crippen LogP contribution in [0.25, 0.3) is 22.1 Å². The van der Waals surface area contributed by atoms with Gasteiger partial charge in [0.05, 0.1) is 12.9 Å². The number of rotatable bonds is 4. The van der Waals surface area contributed by atoms with Crippen LogP contribution < -0.4 is 20.1 Å². The third-order valence-electron chi connectivity index (χ3n) is 5.28. The molecule has 0 spiro atoms. The summed E-state index contributed by atoms with van der Waals surface area (Å²) in [7, 11) is 0. The molecule has 0 bridgehead atoms. The van der Waals surface area contributed by atoms with E-state index in [-0.39, 0.29) is 13.6 Å². The molecule has 1 aliphatic rings. The number of H-pyrrole nitrogens is 2. The molecule has 0 unspecified atom stereocenters. The highest BCUT2D eigenvalue weighted by atomic mass is 16.7. The van der Waals surface area contributed by atoms with Crippen LogP contribution in [0.2, 0.25) is 0 Å². The molecule has 0 saturated heterocycles. The molecule has 6 rings (SSSR count). The van der Waals surface area contributed by atoms with Gasteiger partial charge >= 0.3 is 0 Å². The Morgan fingerprint density at radius 3 is 2.85 bits per heavy atom. The zero-order valence-corrected chi connectivity index (χ0v) is 18.0. The van der Waals surface area contributed by atoms with Gasteiger partial charge in [-0.05, 0) is 30.3 Å². The van der Waals surface area contributed by atoms with Gasteiger partial charge in [-0.15, -0.1) is 0 Å². The summed E-state index contributed by atoms with van der Waals surface area (Å²) in [6, 6.07) is 13.5. The first-order valence-corrected chi connectivity index (χ1v) is 10.7. The second kappa shape index (κ2) is 8.89. The molecule has 0 saturated carbocycles. The maximum atomic E-state index is 5.82. The van der Waals surface area contributed by atoms with Crippen LogP contribution in [0, 0.1) is 0 Å². The minimum atomic E-state index is 0.0744. The lowest BCUT2D eigenvalue weighted by Crippen LogP contribution is -2.14. The number of aromatic nitrogens is 5. The van der Waals surface area contributed by atoms with Gasteiger partial charge in [-0.2, -0.15) is 9.97 Å². The summed E-state index contributed by atoms with van der Waals surface area (Å²) in [4.78, 5) is 19.9. The first-order valence-electron chi connectivity index (χ1n) is 10.7. The highest BCUT2D eigenvalue weighted by Crippen LogP contribution is 2.33. The average molecular weight is 459 g/mol. The van der Waals surface area contributed by atoms with E-state index in [4.69, 9.17) is 23.9 Å². The Morgan fingerprint density at radius 1 is 0.853 bits per heavy atom. The van der Waals surface area contributed by atoms with Crippen molar-refractivity contribution in [2.45, 2.75) is 0 Å². The van der Waals surface area contributed by atoms with E-state index in [1.54, 1.807) is 6.33 Å². The molecule has 4 N–H and O–H groups in total. The molecule has 34 heavy (non-hydrogen) atoms. The smallest absolute Gasteiger partial charge is 0.231 e. The summed E-state index contributed by atoms with van der Waals surface area (Å²) in [6.45, 7) is 1.03. The summed E-state index contributed by atoms with van der Waals surface area (Å²) in [5, 5.41) is 7.71. The first-order chi connectivity index (χ1) is 16.8. The summed E-state index contributed by atoms with van der Waals surface area (Å²) >= 11 is 0. The number of benzene rings is 2. The van der Waals surface area contributed by atoms with Crippen LogP contribution in [-0.2, 0) is 9.47 Å². The average Bonchev–Trinajstić information content (AvgIpc) is 3.52. The number of nitrogens with one attached hydrogen (secondary N) is 4. The van der Waals surface area contributed by atoms with Gasteiger partial charge in [-0.25, -0.2) is 4.98 Å². The lowest BCUT2D eigenvalue weighted by molar-refractivity contribution is -0.107. The molecule has 3 aromatic heterocycles. The molecule has 0 fully saturated rings. The molecule has 1 aliphatic heterocycles. The van der Waals surface area contributed by atoms with Gasteiger partial charge in [0.1, 0.15) is 12.1 Å². The second-order valence-electron chi connectivity index (χ2n) is 7.49. The zero-order valence-electron chi connectivity index (χ0n) is 18.0. The van der Waals surface area contributed by atoms with Crippen molar-refractivity contribution in [1.29, 1.82) is 0 Å². The first kappa shape index (κ1) is 20.3. The van der Waals surface area contributed by atoms with Gasteiger partial charge in [0.15, 0.2) is 36.5 Å². The van der Waals surface area contributed by atoms with E-state index >= 15 is 0 Å². The Bertz CT molecular complexity index is 1450. The number of aromatic amines is 2. The zero-order chi connectivity index (χ0) is 22.7. The summed E-state index contributed by atoms with van der Waals surface area (Å²) in [6.07, 6.45) is 3.50. The monoisotopic (exact) mass is 459 g/mol. The van der Waals surface area contributed by atoms with Crippen molar-refractivity contribution in [3.63, 3.8) is 0 Å². The Labute approximate surface area is 193 Å². The number of ether oxygens (including phenoxy) is 4. The van der Waals surface area contributed by atoms with E-state index < -0.39 is 0 Å². The number of hydrogen-bond donors (Lipinski definition) is 4. The second-order valence-corrected chi connectivity index (χ2v) is 7.49. The molecule has 11 nitrogen and oxygen atoms in total. The number of imidazole rings is 1. The largest absolute Gasteiger partial charge is 0.487 e. The molecule has 5 aromatic rings. The van der Waals surface area contributed by atoms with Crippen LogP contribution in [0.3, 0.4) is 0 Å². The third-order valence-corrected chi connectivity index (χ3v) is 5.28. The summed E-state index contributed by atoms with van der Waals surface area (Å²) in [5.41, 5.74) is 3.93. The van der Waals surface area contributed by atoms with Gasteiger partial charge < -0.3 is 39.5 Å². The minimum Gasteiger partial charge on any atom is -0.487 e. The Kier molecular flexibility index (Phi) is 5.30. The van der Waals surface area contributed by atoms with Gasteiger partial charge in [-0.1, -0.05) is 6.07 Å². The maximum absolute atomic E-state index is 5.82. The van der Waals surface area contributed by atoms with E-state index in [1.807, 2.05) is 48.7 Å². The topological polar surface area (TPSA) is 131 Å². The highest BCUT2D eigenvalue weighted by molar-refractivity contribution is 5.96. The normalized spacial score (nSPS) is 14.2. The van der Waals surface area contributed by atoms with Gasteiger partial charge in [0, 0.05) is 34.5 Å². The molecular weight excluding hydrogens is 438 g/mol. The van der Waals surface area contributed by atoms with Crippen molar-refractivity contribution in [2.75, 3.05) is 37.4 Å². The van der Waals surface area contributed by atoms with Gasteiger partial charge in [0.2, 0.25) is 5.95 Å². The van der Waals surface area contributed by atoms with E-state index in [2.05, 4.69) is 30.6 Å². The lowest BCUT2D eigenvalue weighted by Gasteiger charge is -2.17.